The minimum Gasteiger partial charge on any atom is -0.497 e. The molecule has 0 atom stereocenters. The number of anilines is 1. The lowest BCUT2D eigenvalue weighted by Crippen LogP contribution is -2.51. The van der Waals surface area contributed by atoms with Crippen LogP contribution >= 0.6 is 11.3 Å². The van der Waals surface area contributed by atoms with Crippen LogP contribution in [0.4, 0.5) is 5.69 Å². The highest BCUT2D eigenvalue weighted by Crippen LogP contribution is 2.33. The van der Waals surface area contributed by atoms with Gasteiger partial charge in [0, 0.05) is 62.1 Å². The maximum Gasteiger partial charge on any atom is 0.255 e. The predicted molar refractivity (Wildman–Crippen MR) is 191 cm³/mol. The van der Waals surface area contributed by atoms with Crippen LogP contribution in [0.3, 0.4) is 0 Å². The zero-order valence-electron chi connectivity index (χ0n) is 27.9. The third kappa shape index (κ3) is 7.30. The van der Waals surface area contributed by atoms with Crippen molar-refractivity contribution in [1.29, 1.82) is 0 Å². The largest absolute Gasteiger partial charge is 0.497 e. The molecule has 0 N–H and O–H groups in total. The van der Waals surface area contributed by atoms with E-state index < -0.39 is 0 Å². The summed E-state index contributed by atoms with van der Waals surface area (Å²) in [5, 5.41) is 2.97. The first-order chi connectivity index (χ1) is 23.3. The summed E-state index contributed by atoms with van der Waals surface area (Å²) in [5.74, 6) is 1.67. The van der Waals surface area contributed by atoms with Crippen molar-refractivity contribution in [2.45, 2.75) is 19.9 Å². The van der Waals surface area contributed by atoms with Gasteiger partial charge in [-0.15, -0.1) is 11.3 Å². The summed E-state index contributed by atoms with van der Waals surface area (Å²) in [6.07, 6.45) is 0.791. The van der Waals surface area contributed by atoms with Gasteiger partial charge in [-0.25, -0.2) is 4.98 Å². The summed E-state index contributed by atoms with van der Waals surface area (Å²) in [5.41, 5.74) is 6.44. The van der Waals surface area contributed by atoms with Gasteiger partial charge in [-0.2, -0.15) is 0 Å². The van der Waals surface area contributed by atoms with Gasteiger partial charge in [-0.05, 0) is 73.5 Å². The minimum atomic E-state index is 0.00920. The van der Waals surface area contributed by atoms with Crippen LogP contribution in [-0.4, -0.2) is 85.2 Å². The van der Waals surface area contributed by atoms with Gasteiger partial charge in [0.05, 0.1) is 37.7 Å². The first-order valence-corrected chi connectivity index (χ1v) is 17.0. The number of piperazine rings is 1. The minimum absolute atomic E-state index is 0.00920. The Morgan fingerprint density at radius 2 is 1.52 bits per heavy atom. The second-order valence-electron chi connectivity index (χ2n) is 11.9. The zero-order chi connectivity index (χ0) is 33.6. The summed E-state index contributed by atoms with van der Waals surface area (Å²) in [7, 11) is 5.13. The lowest BCUT2D eigenvalue weighted by molar-refractivity contribution is -0.119. The van der Waals surface area contributed by atoms with Gasteiger partial charge in [0.1, 0.15) is 16.5 Å². The summed E-state index contributed by atoms with van der Waals surface area (Å²) < 4.78 is 12.9. The number of carbonyl (C=O) groups is 2. The molecule has 0 unspecified atom stereocenters. The average Bonchev–Trinajstić information content (AvgIpc) is 3.75. The number of hydrogen-bond acceptors (Lipinski definition) is 7. The number of hydrogen-bond donors (Lipinski definition) is 0. The van der Waals surface area contributed by atoms with Crippen LogP contribution in [-0.2, 0) is 17.8 Å². The molecule has 3 aromatic carbocycles. The van der Waals surface area contributed by atoms with Gasteiger partial charge >= 0.3 is 0 Å². The predicted octanol–water partition coefficient (Wildman–Crippen LogP) is 6.27. The van der Waals surface area contributed by atoms with Gasteiger partial charge in [-0.1, -0.05) is 30.3 Å². The van der Waals surface area contributed by atoms with Crippen LogP contribution in [0.2, 0.25) is 0 Å². The number of aromatic nitrogens is 2. The number of amides is 2. The Kier molecular flexibility index (Phi) is 10.2. The molecule has 0 aliphatic carbocycles. The molecule has 1 aliphatic heterocycles. The van der Waals surface area contributed by atoms with E-state index in [9.17, 15) is 9.59 Å². The van der Waals surface area contributed by atoms with Crippen molar-refractivity contribution in [3.05, 3.63) is 107 Å². The Morgan fingerprint density at radius 1 is 0.875 bits per heavy atom. The highest BCUT2D eigenvalue weighted by Gasteiger charge is 2.28. The Balaban J connectivity index is 1.19. The Bertz CT molecular complexity index is 1840. The van der Waals surface area contributed by atoms with Crippen LogP contribution in [0, 0.1) is 6.92 Å². The second-order valence-corrected chi connectivity index (χ2v) is 12.8. The molecule has 0 spiro atoms. The third-order valence-electron chi connectivity index (χ3n) is 9.02. The first kappa shape index (κ1) is 33.0. The molecule has 5 aromatic rings. The third-order valence-corrected chi connectivity index (χ3v) is 9.91. The van der Waals surface area contributed by atoms with E-state index >= 15 is 0 Å². The molecule has 2 aromatic heterocycles. The fraction of sp³-hybridized carbons (Fsp3) is 0.289. The molecule has 10 heteroatoms. The van der Waals surface area contributed by atoms with Crippen LogP contribution in [0.1, 0.15) is 21.6 Å². The van der Waals surface area contributed by atoms with Gasteiger partial charge < -0.3 is 23.8 Å². The van der Waals surface area contributed by atoms with Crippen molar-refractivity contribution in [3.8, 4) is 33.5 Å². The maximum absolute atomic E-state index is 14.0. The van der Waals surface area contributed by atoms with E-state index in [1.165, 1.54) is 5.56 Å². The van der Waals surface area contributed by atoms with Crippen LogP contribution in [0.5, 0.6) is 11.5 Å². The molecule has 248 valence electrons. The maximum atomic E-state index is 14.0. The summed E-state index contributed by atoms with van der Waals surface area (Å²) in [4.78, 5) is 37.8. The van der Waals surface area contributed by atoms with Gasteiger partial charge in [0.15, 0.2) is 0 Å². The summed E-state index contributed by atoms with van der Waals surface area (Å²) in [6.45, 7) is 5.44. The number of aryl methyl sites for hydroxylation is 1. The molecule has 0 bridgehead atoms. The van der Waals surface area contributed by atoms with E-state index in [1.54, 1.807) is 37.5 Å². The van der Waals surface area contributed by atoms with E-state index in [4.69, 9.17) is 14.5 Å². The normalized spacial score (nSPS) is 13.4. The van der Waals surface area contributed by atoms with E-state index in [0.717, 1.165) is 51.3 Å². The van der Waals surface area contributed by atoms with E-state index in [-0.39, 0.29) is 11.8 Å². The van der Waals surface area contributed by atoms with Gasteiger partial charge in [0.25, 0.3) is 5.91 Å². The van der Waals surface area contributed by atoms with Gasteiger partial charge in [0.2, 0.25) is 5.91 Å². The molecular weight excluding hydrogens is 623 g/mol. The standard InChI is InChI=1S/C38H41N5O4S/c1-27-33(38(45)42-22-20-41(21-23-42)25-36(44)40(2)30-8-6-5-7-9-30)24-35(43(27)19-18-28-10-14-31(46-3)15-11-28)34-26-48-37(39-34)29-12-16-32(47-4)17-13-29/h5-17,24,26H,18-23,25H2,1-4H3. The van der Waals surface area contributed by atoms with Crippen LogP contribution in [0.25, 0.3) is 22.0 Å². The monoisotopic (exact) mass is 663 g/mol. The number of benzene rings is 3. The lowest BCUT2D eigenvalue weighted by atomic mass is 10.1. The van der Waals surface area contributed by atoms with E-state index in [2.05, 4.69) is 27.0 Å². The molecule has 2 amide bonds. The first-order valence-electron chi connectivity index (χ1n) is 16.1. The highest BCUT2D eigenvalue weighted by atomic mass is 32.1. The zero-order valence-corrected chi connectivity index (χ0v) is 28.7. The number of methoxy groups -OCH3 is 2. The Labute approximate surface area is 286 Å². The topological polar surface area (TPSA) is 80.1 Å². The molecule has 0 saturated carbocycles. The molecule has 1 saturated heterocycles. The molecule has 9 nitrogen and oxygen atoms in total. The average molecular weight is 664 g/mol. The second kappa shape index (κ2) is 14.9. The van der Waals surface area contributed by atoms with Crippen LogP contribution in [0.15, 0.2) is 90.3 Å². The summed E-state index contributed by atoms with van der Waals surface area (Å²) in [6, 6.07) is 27.7. The quantitative estimate of drug-likeness (QED) is 0.166. The number of nitrogens with zero attached hydrogens (tertiary/aromatic N) is 5. The fourth-order valence-corrected chi connectivity index (χ4v) is 6.84. The van der Waals surface area contributed by atoms with Crippen molar-refractivity contribution < 1.29 is 19.1 Å². The van der Waals surface area contributed by atoms with Crippen molar-refractivity contribution in [2.24, 2.45) is 0 Å². The SMILES string of the molecule is COc1ccc(CCn2c(-c3csc(-c4ccc(OC)cc4)n3)cc(C(=O)N3CCN(CC(=O)N(C)c4ccccc4)CC3)c2C)cc1. The van der Waals surface area contributed by atoms with Gasteiger partial charge in [-0.3, -0.25) is 14.5 Å². The van der Waals surface area contributed by atoms with Crippen molar-refractivity contribution in [1.82, 2.24) is 19.4 Å². The molecule has 1 aliphatic rings. The smallest absolute Gasteiger partial charge is 0.255 e. The lowest BCUT2D eigenvalue weighted by Gasteiger charge is -2.35. The molecule has 0 radical (unpaired) electrons. The molecule has 48 heavy (non-hydrogen) atoms. The van der Waals surface area contributed by atoms with E-state index in [1.807, 2.05) is 84.6 Å². The van der Waals surface area contributed by atoms with Crippen molar-refractivity contribution >= 4 is 28.8 Å². The Morgan fingerprint density at radius 3 is 2.17 bits per heavy atom. The molecular formula is C38H41N5O4S. The molecule has 1 fully saturated rings. The number of likely N-dealkylation sites (N-methyl/N-ethyl adjacent to an activating group) is 1. The number of para-hydroxylation sites is 1. The fourth-order valence-electron chi connectivity index (χ4n) is 6.03. The van der Waals surface area contributed by atoms with Crippen molar-refractivity contribution in [3.63, 3.8) is 0 Å². The summed E-state index contributed by atoms with van der Waals surface area (Å²) >= 11 is 1.58. The number of thiazole rings is 1. The number of ether oxygens (including phenoxy) is 2. The van der Waals surface area contributed by atoms with E-state index in [0.29, 0.717) is 44.8 Å². The van der Waals surface area contributed by atoms with Crippen LogP contribution < -0.4 is 14.4 Å². The van der Waals surface area contributed by atoms with Crippen molar-refractivity contribution in [2.75, 3.05) is 58.9 Å². The highest BCUT2D eigenvalue weighted by molar-refractivity contribution is 7.13. The number of carbonyl (C=O) groups excluding carboxylic acids is 2. The molecule has 3 heterocycles. The molecule has 6 rings (SSSR count). The number of rotatable bonds is 11. The Hall–Kier alpha value is -4.93.